The molecular weight excluding hydrogens is 230 g/mol. The van der Waals surface area contributed by atoms with E-state index < -0.39 is 28.0 Å². The molecule has 0 saturated carbocycles. The minimum atomic E-state index is -6.09. The van der Waals surface area contributed by atoms with Gasteiger partial charge in [-0.05, 0) is 4.53 Å². The van der Waals surface area contributed by atoms with E-state index >= 15 is 0 Å². The summed E-state index contributed by atoms with van der Waals surface area (Å²) in [5.41, 5.74) is -3.83. The maximum absolute atomic E-state index is 12.0. The third-order valence-corrected chi connectivity index (χ3v) is 1.78. The van der Waals surface area contributed by atoms with Crippen LogP contribution in [0.4, 0.5) is 26.0 Å². The molecule has 80 valence electrons. The van der Waals surface area contributed by atoms with Gasteiger partial charge in [0.25, 0.3) is 5.44 Å². The predicted molar refractivity (Wildman–Crippen MR) is 27.0 cm³/mol. The van der Waals surface area contributed by atoms with Crippen LogP contribution in [0.5, 0.6) is 0 Å². The third kappa shape index (κ3) is 3.38. The molecule has 0 spiro atoms. The second kappa shape index (κ2) is 3.70. The van der Waals surface area contributed by atoms with Crippen LogP contribution in [0.25, 0.3) is 0 Å². The first kappa shape index (κ1) is 12.5. The van der Waals surface area contributed by atoms with Crippen LogP contribution in [-0.2, 0) is 15.2 Å². The summed E-state index contributed by atoms with van der Waals surface area (Å²) in [4.78, 5) is 2.05. The molecule has 0 bridgehead atoms. The average Bonchev–Trinajstić information content (AvgIpc) is 1.83. The molecule has 0 aliphatic carbocycles. The summed E-state index contributed by atoms with van der Waals surface area (Å²) < 4.78 is 88.2. The van der Waals surface area contributed by atoms with Gasteiger partial charge in [-0.2, -0.15) is 26.5 Å². The van der Waals surface area contributed by atoms with Crippen LogP contribution >= 0.6 is 0 Å². The first-order chi connectivity index (χ1) is 5.60. The second-order valence-electron chi connectivity index (χ2n) is 1.88. The molecule has 0 amide bonds. The van der Waals surface area contributed by atoms with Gasteiger partial charge in [-0.25, -0.2) is 4.39 Å². The van der Waals surface area contributed by atoms with Crippen molar-refractivity contribution in [3.05, 3.63) is 0 Å². The largest absolute Gasteiger partial charge is 0.423 e. The second-order valence-corrected chi connectivity index (χ2v) is 3.29. The van der Waals surface area contributed by atoms with Gasteiger partial charge in [0, 0.05) is 0 Å². The first-order valence-corrected chi connectivity index (χ1v) is 3.97. The monoisotopic (exact) mass is 232 g/mol. The predicted octanol–water partition coefficient (Wildman–Crippen LogP) is 1.41. The van der Waals surface area contributed by atoms with Gasteiger partial charge >= 0.3 is 16.4 Å². The molecule has 0 rings (SSSR count). The van der Waals surface area contributed by atoms with E-state index in [0.717, 1.165) is 0 Å². The van der Waals surface area contributed by atoms with Gasteiger partial charge in [-0.3, -0.25) is 0 Å². The van der Waals surface area contributed by atoms with Gasteiger partial charge < -0.3 is 0 Å². The number of hydrogen-bond donors (Lipinski definition) is 0. The highest BCUT2D eigenvalue weighted by Gasteiger charge is 2.53. The fraction of sp³-hybridized carbons (Fsp3) is 1.00. The van der Waals surface area contributed by atoms with Gasteiger partial charge in [0.15, 0.2) is 0 Å². The van der Waals surface area contributed by atoms with Gasteiger partial charge in [0.1, 0.15) is 0 Å². The van der Waals surface area contributed by atoms with Crippen molar-refractivity contribution in [1.82, 2.24) is 0 Å². The molecule has 0 aliphatic heterocycles. The van der Waals surface area contributed by atoms with Crippen molar-refractivity contribution in [2.75, 3.05) is 0 Å². The lowest BCUT2D eigenvalue weighted by Crippen LogP contribution is -2.40. The zero-order chi connectivity index (χ0) is 10.9. The topological polar surface area (TPSA) is 43.4 Å². The minimum Gasteiger partial charge on any atom is -0.233 e. The molecule has 0 N–H and O–H groups in total. The van der Waals surface area contributed by atoms with E-state index in [1.165, 1.54) is 0 Å². The van der Waals surface area contributed by atoms with Crippen molar-refractivity contribution in [2.45, 2.75) is 17.8 Å². The Morgan fingerprint density at radius 2 is 1.62 bits per heavy atom. The smallest absolute Gasteiger partial charge is 0.233 e. The molecule has 13 heavy (non-hydrogen) atoms. The molecule has 0 fully saturated rings. The summed E-state index contributed by atoms with van der Waals surface area (Å²) in [6, 6.07) is 0. The van der Waals surface area contributed by atoms with Crippen LogP contribution in [0.3, 0.4) is 0 Å². The summed E-state index contributed by atoms with van der Waals surface area (Å²) in [6.45, 7) is 0. The normalized spacial score (nSPS) is 18.3. The number of halogens is 6. The summed E-state index contributed by atoms with van der Waals surface area (Å²) >= 11 is 0. The summed E-state index contributed by atoms with van der Waals surface area (Å²) in [7, 11) is -6.09. The summed E-state index contributed by atoms with van der Waals surface area (Å²) in [5.74, 6) is 0. The Bertz CT molecular complexity index is 257. The van der Waals surface area contributed by atoms with Gasteiger partial charge in [0.2, 0.25) is 6.17 Å². The van der Waals surface area contributed by atoms with Crippen LogP contribution in [0, 0.1) is 0 Å². The molecule has 0 aromatic rings. The molecule has 0 radical (unpaired) electrons. The van der Waals surface area contributed by atoms with Gasteiger partial charge in [-0.15, -0.1) is 3.89 Å². The Hall–Kier alpha value is -0.510. The van der Waals surface area contributed by atoms with E-state index in [1.54, 1.807) is 0 Å². The Morgan fingerprint density at radius 1 is 1.23 bits per heavy atom. The molecule has 0 saturated heterocycles. The Balaban J connectivity index is 4.82. The van der Waals surface area contributed by atoms with E-state index in [-0.39, 0.29) is 0 Å². The van der Waals surface area contributed by atoms with E-state index in [2.05, 4.69) is 0 Å². The molecule has 10 heteroatoms. The van der Waals surface area contributed by atoms with Crippen molar-refractivity contribution >= 4 is 10.2 Å². The van der Waals surface area contributed by atoms with E-state index in [4.69, 9.17) is 0 Å². The van der Waals surface area contributed by atoms with Crippen molar-refractivity contribution in [2.24, 2.45) is 0 Å². The summed E-state index contributed by atoms with van der Waals surface area (Å²) in [5, 5.41) is 0. The lowest BCUT2D eigenvalue weighted by atomic mass is 10.4. The van der Waals surface area contributed by atoms with Crippen molar-refractivity contribution in [1.29, 1.82) is 0 Å². The number of hydrogen-bond acceptors (Lipinski definition) is 3. The van der Waals surface area contributed by atoms with E-state index in [1.807, 2.05) is 4.94 Å². The maximum atomic E-state index is 12.0. The first-order valence-electron chi connectivity index (χ1n) is 2.52. The van der Waals surface area contributed by atoms with E-state index in [0.29, 0.717) is 0 Å². The van der Waals surface area contributed by atoms with Crippen LogP contribution in [-0.4, -0.2) is 26.2 Å². The zero-order valence-corrected chi connectivity index (χ0v) is 6.37. The Morgan fingerprint density at radius 3 is 1.69 bits per heavy atom. The number of alkyl halides is 4. The van der Waals surface area contributed by atoms with Crippen LogP contribution in [0.1, 0.15) is 0 Å². The lowest BCUT2D eigenvalue weighted by molar-refractivity contribution is -0.242. The van der Waals surface area contributed by atoms with Gasteiger partial charge in [0.05, 0.1) is 0 Å². The van der Waals surface area contributed by atoms with Crippen molar-refractivity contribution in [3.8, 4) is 0 Å². The van der Waals surface area contributed by atoms with Crippen LogP contribution in [0.15, 0.2) is 0 Å². The van der Waals surface area contributed by atoms with Crippen LogP contribution < -0.4 is 0 Å². The Kier molecular flexibility index (Phi) is 3.55. The minimum absolute atomic E-state index is 2.05. The van der Waals surface area contributed by atoms with E-state index in [9.17, 15) is 34.4 Å². The fourth-order valence-electron chi connectivity index (χ4n) is 0.386. The average molecular weight is 232 g/mol. The van der Waals surface area contributed by atoms with Crippen molar-refractivity contribution < 1.29 is 39.3 Å². The third-order valence-electron chi connectivity index (χ3n) is 0.917. The Labute approximate surface area is 68.4 Å². The van der Waals surface area contributed by atoms with Gasteiger partial charge in [-0.1, -0.05) is 0 Å². The highest BCUT2D eigenvalue weighted by molar-refractivity contribution is 7.86. The zero-order valence-electron chi connectivity index (χ0n) is 5.56. The molecule has 2 unspecified atom stereocenters. The quantitative estimate of drug-likeness (QED) is 0.545. The molecular formula is C3H2F6O3S. The molecule has 2 atom stereocenters. The number of rotatable bonds is 3. The standard InChI is InChI=1S/C3H2F6O3S/c4-1(3(5,6)7)2(12-8)13(9,10)11/h1-2H. The maximum Gasteiger partial charge on any atom is 0.423 e. The SMILES string of the molecule is O=S(=O)(F)C(OF)C(F)C(F)(F)F. The highest BCUT2D eigenvalue weighted by Crippen LogP contribution is 2.29. The van der Waals surface area contributed by atoms with Crippen LogP contribution in [0.2, 0.25) is 0 Å². The highest BCUT2D eigenvalue weighted by atomic mass is 32.3. The lowest BCUT2D eigenvalue weighted by Gasteiger charge is -2.15. The molecule has 0 aliphatic rings. The molecule has 0 heterocycles. The fourth-order valence-corrected chi connectivity index (χ4v) is 0.912. The van der Waals surface area contributed by atoms with Crippen molar-refractivity contribution in [3.63, 3.8) is 0 Å². The molecule has 3 nitrogen and oxygen atoms in total. The molecule has 0 aromatic heterocycles. The molecule has 0 aromatic carbocycles. The summed E-state index contributed by atoms with van der Waals surface area (Å²) in [6.07, 6.45) is -9.98.